The van der Waals surface area contributed by atoms with E-state index in [0.717, 1.165) is 12.5 Å². The van der Waals surface area contributed by atoms with Crippen molar-refractivity contribution >= 4 is 0 Å². The second-order valence-electron chi connectivity index (χ2n) is 5.21. The van der Waals surface area contributed by atoms with Gasteiger partial charge in [0.1, 0.15) is 0 Å². The summed E-state index contributed by atoms with van der Waals surface area (Å²) in [6.45, 7) is 10.5. The summed E-state index contributed by atoms with van der Waals surface area (Å²) in [5.41, 5.74) is 0. The Morgan fingerprint density at radius 3 is 2.53 bits per heavy atom. The molecule has 90 valence electrons. The minimum atomic E-state index is 0.261. The zero-order chi connectivity index (χ0) is 11.4. The molecule has 0 aromatic heterocycles. The molecule has 0 aromatic rings. The van der Waals surface area contributed by atoms with E-state index in [1.165, 1.54) is 19.5 Å². The lowest BCUT2D eigenvalue weighted by atomic mass is 10.1. The molecule has 0 amide bonds. The van der Waals surface area contributed by atoms with Gasteiger partial charge in [-0.3, -0.25) is 0 Å². The number of hydrogen-bond donors (Lipinski definition) is 1. The van der Waals surface area contributed by atoms with E-state index in [9.17, 15) is 0 Å². The molecule has 0 aromatic carbocycles. The van der Waals surface area contributed by atoms with Gasteiger partial charge in [-0.2, -0.15) is 0 Å². The van der Waals surface area contributed by atoms with Crippen LogP contribution < -0.4 is 0 Å². The zero-order valence-electron chi connectivity index (χ0n) is 10.6. The van der Waals surface area contributed by atoms with E-state index < -0.39 is 0 Å². The molecule has 1 fully saturated rings. The van der Waals surface area contributed by atoms with Gasteiger partial charge in [0.05, 0.1) is 6.61 Å². The van der Waals surface area contributed by atoms with Crippen LogP contribution in [0, 0.1) is 5.92 Å². The number of likely N-dealkylation sites (tertiary alicyclic amines) is 1. The second kappa shape index (κ2) is 5.83. The first-order valence-corrected chi connectivity index (χ1v) is 6.09. The van der Waals surface area contributed by atoms with Crippen LogP contribution in [0.25, 0.3) is 0 Å². The first-order valence-electron chi connectivity index (χ1n) is 6.09. The Bertz CT molecular complexity index is 184. The molecule has 2 unspecified atom stereocenters. The summed E-state index contributed by atoms with van der Waals surface area (Å²) in [4.78, 5) is 4.82. The molecule has 0 aliphatic carbocycles. The molecule has 2 atom stereocenters. The summed E-state index contributed by atoms with van der Waals surface area (Å²) in [6, 6.07) is 0.966. The van der Waals surface area contributed by atoms with Crippen molar-refractivity contribution in [3.05, 3.63) is 0 Å². The fraction of sp³-hybridized carbons (Fsp3) is 1.00. The van der Waals surface area contributed by atoms with Crippen LogP contribution in [0.2, 0.25) is 0 Å². The van der Waals surface area contributed by atoms with Gasteiger partial charge in [0.25, 0.3) is 0 Å². The summed E-state index contributed by atoms with van der Waals surface area (Å²) < 4.78 is 0. The number of likely N-dealkylation sites (N-methyl/N-ethyl adjacent to an activating group) is 1. The van der Waals surface area contributed by atoms with E-state index in [2.05, 4.69) is 37.6 Å². The maximum Gasteiger partial charge on any atom is 0.0584 e. The minimum absolute atomic E-state index is 0.261. The molecule has 1 rings (SSSR count). The van der Waals surface area contributed by atoms with Crippen LogP contribution in [0.3, 0.4) is 0 Å². The fourth-order valence-corrected chi connectivity index (χ4v) is 2.21. The minimum Gasteiger partial charge on any atom is -0.395 e. The number of aliphatic hydroxyl groups excluding tert-OH is 1. The lowest BCUT2D eigenvalue weighted by Crippen LogP contribution is -2.37. The van der Waals surface area contributed by atoms with Crippen molar-refractivity contribution in [2.75, 3.05) is 33.3 Å². The predicted octanol–water partition coefficient (Wildman–Crippen LogP) is 1.03. The third-order valence-corrected chi connectivity index (χ3v) is 3.61. The molecule has 1 saturated heterocycles. The van der Waals surface area contributed by atoms with E-state index in [-0.39, 0.29) is 12.6 Å². The van der Waals surface area contributed by atoms with Crippen LogP contribution in [0.15, 0.2) is 0 Å². The molecule has 1 heterocycles. The van der Waals surface area contributed by atoms with Gasteiger partial charge in [-0.15, -0.1) is 0 Å². The van der Waals surface area contributed by atoms with Crippen LogP contribution in [0.4, 0.5) is 0 Å². The van der Waals surface area contributed by atoms with Crippen LogP contribution >= 0.6 is 0 Å². The predicted molar refractivity (Wildman–Crippen MR) is 64.0 cm³/mol. The van der Waals surface area contributed by atoms with Crippen molar-refractivity contribution in [3.8, 4) is 0 Å². The zero-order valence-corrected chi connectivity index (χ0v) is 10.6. The third kappa shape index (κ3) is 3.74. The SMILES string of the molecule is CC(CO)N(C)CC1CCN(C(C)C)C1. The van der Waals surface area contributed by atoms with Gasteiger partial charge in [0.15, 0.2) is 0 Å². The standard InChI is InChI=1S/C12H26N2O/c1-10(2)14-6-5-12(8-14)7-13(4)11(3)9-15/h10-12,15H,5-9H2,1-4H3. The highest BCUT2D eigenvalue weighted by atomic mass is 16.3. The molecule has 0 radical (unpaired) electrons. The third-order valence-electron chi connectivity index (χ3n) is 3.61. The summed E-state index contributed by atoms with van der Waals surface area (Å²) >= 11 is 0. The normalized spacial score (nSPS) is 25.4. The van der Waals surface area contributed by atoms with Gasteiger partial charge < -0.3 is 14.9 Å². The molecule has 0 bridgehead atoms. The number of rotatable bonds is 5. The average molecular weight is 214 g/mol. The van der Waals surface area contributed by atoms with E-state index >= 15 is 0 Å². The lowest BCUT2D eigenvalue weighted by molar-refractivity contribution is 0.141. The number of aliphatic hydroxyl groups is 1. The monoisotopic (exact) mass is 214 g/mol. The van der Waals surface area contributed by atoms with Gasteiger partial charge >= 0.3 is 0 Å². The lowest BCUT2D eigenvalue weighted by Gasteiger charge is -2.26. The van der Waals surface area contributed by atoms with Crippen LogP contribution in [0.5, 0.6) is 0 Å². The largest absolute Gasteiger partial charge is 0.395 e. The Balaban J connectivity index is 2.29. The van der Waals surface area contributed by atoms with E-state index in [4.69, 9.17) is 5.11 Å². The smallest absolute Gasteiger partial charge is 0.0584 e. The van der Waals surface area contributed by atoms with Crippen molar-refractivity contribution < 1.29 is 5.11 Å². The molecule has 1 N–H and O–H groups in total. The molecule has 1 aliphatic rings. The van der Waals surface area contributed by atoms with E-state index in [1.807, 2.05) is 0 Å². The Hall–Kier alpha value is -0.120. The quantitative estimate of drug-likeness (QED) is 0.740. The van der Waals surface area contributed by atoms with Gasteiger partial charge in [0.2, 0.25) is 0 Å². The van der Waals surface area contributed by atoms with Crippen LogP contribution in [-0.4, -0.2) is 60.3 Å². The number of nitrogens with zero attached hydrogens (tertiary/aromatic N) is 2. The van der Waals surface area contributed by atoms with Crippen molar-refractivity contribution in [2.45, 2.75) is 39.3 Å². The van der Waals surface area contributed by atoms with Crippen molar-refractivity contribution in [2.24, 2.45) is 5.92 Å². The van der Waals surface area contributed by atoms with Gasteiger partial charge in [-0.1, -0.05) is 0 Å². The van der Waals surface area contributed by atoms with Crippen molar-refractivity contribution in [1.82, 2.24) is 9.80 Å². The van der Waals surface area contributed by atoms with Gasteiger partial charge in [-0.05, 0) is 46.7 Å². The first-order chi connectivity index (χ1) is 7.04. The summed E-state index contributed by atoms with van der Waals surface area (Å²) in [5.74, 6) is 0.784. The van der Waals surface area contributed by atoms with E-state index in [0.29, 0.717) is 6.04 Å². The average Bonchev–Trinajstić information content (AvgIpc) is 2.65. The summed E-state index contributed by atoms with van der Waals surface area (Å²) in [6.07, 6.45) is 1.31. The van der Waals surface area contributed by atoms with Crippen molar-refractivity contribution in [3.63, 3.8) is 0 Å². The maximum absolute atomic E-state index is 9.07. The Labute approximate surface area is 94.1 Å². The molecule has 1 aliphatic heterocycles. The molecular weight excluding hydrogens is 188 g/mol. The highest BCUT2D eigenvalue weighted by molar-refractivity contribution is 4.80. The molecular formula is C12H26N2O. The Kier molecular flexibility index (Phi) is 5.03. The molecule has 15 heavy (non-hydrogen) atoms. The fourth-order valence-electron chi connectivity index (χ4n) is 2.21. The molecule has 3 nitrogen and oxygen atoms in total. The Morgan fingerprint density at radius 1 is 1.40 bits per heavy atom. The summed E-state index contributed by atoms with van der Waals surface area (Å²) in [5, 5.41) is 9.07. The van der Waals surface area contributed by atoms with E-state index in [1.54, 1.807) is 0 Å². The van der Waals surface area contributed by atoms with Gasteiger partial charge in [0, 0.05) is 25.2 Å². The molecule has 3 heteroatoms. The second-order valence-corrected chi connectivity index (χ2v) is 5.21. The van der Waals surface area contributed by atoms with Crippen molar-refractivity contribution in [1.29, 1.82) is 0 Å². The number of hydrogen-bond acceptors (Lipinski definition) is 3. The summed E-state index contributed by atoms with van der Waals surface area (Å²) in [7, 11) is 2.11. The molecule has 0 saturated carbocycles. The maximum atomic E-state index is 9.07. The topological polar surface area (TPSA) is 26.7 Å². The first kappa shape index (κ1) is 12.9. The highest BCUT2D eigenvalue weighted by Gasteiger charge is 2.25. The highest BCUT2D eigenvalue weighted by Crippen LogP contribution is 2.19. The van der Waals surface area contributed by atoms with Gasteiger partial charge in [-0.25, -0.2) is 0 Å². The Morgan fingerprint density at radius 2 is 2.07 bits per heavy atom. The molecule has 0 spiro atoms. The van der Waals surface area contributed by atoms with Crippen LogP contribution in [0.1, 0.15) is 27.2 Å². The van der Waals surface area contributed by atoms with Crippen LogP contribution in [-0.2, 0) is 0 Å².